The molecule has 25 heavy (non-hydrogen) atoms. The first-order valence-electron chi connectivity index (χ1n) is 7.98. The lowest BCUT2D eigenvalue weighted by Gasteiger charge is -2.18. The third kappa shape index (κ3) is 3.88. The molecule has 0 atom stereocenters. The molecule has 3 aromatic rings. The number of aromatic nitrogens is 2. The summed E-state index contributed by atoms with van der Waals surface area (Å²) in [4.78, 5) is 22.7. The van der Waals surface area contributed by atoms with Crippen molar-refractivity contribution in [2.24, 2.45) is 0 Å². The molecule has 0 aliphatic carbocycles. The SMILES string of the molecule is CCOC(=O)CN(C)c1nc(-c2ccccc2)c2cc(Cl)ccc2n1. The van der Waals surface area contributed by atoms with Crippen molar-refractivity contribution in [2.45, 2.75) is 6.92 Å². The van der Waals surface area contributed by atoms with Gasteiger partial charge in [0.2, 0.25) is 5.95 Å². The smallest absolute Gasteiger partial charge is 0.325 e. The number of nitrogens with zero attached hydrogens (tertiary/aromatic N) is 3. The van der Waals surface area contributed by atoms with Gasteiger partial charge in [0.15, 0.2) is 0 Å². The maximum Gasteiger partial charge on any atom is 0.325 e. The van der Waals surface area contributed by atoms with E-state index in [4.69, 9.17) is 16.3 Å². The van der Waals surface area contributed by atoms with Crippen LogP contribution in [-0.2, 0) is 9.53 Å². The summed E-state index contributed by atoms with van der Waals surface area (Å²) in [5, 5.41) is 1.49. The minimum absolute atomic E-state index is 0.0845. The van der Waals surface area contributed by atoms with E-state index in [1.807, 2.05) is 42.5 Å². The zero-order valence-electron chi connectivity index (χ0n) is 14.1. The molecule has 0 unspecified atom stereocenters. The number of carbonyl (C=O) groups excluding carboxylic acids is 1. The molecule has 0 spiro atoms. The number of hydrogen-bond acceptors (Lipinski definition) is 5. The highest BCUT2D eigenvalue weighted by molar-refractivity contribution is 6.31. The predicted molar refractivity (Wildman–Crippen MR) is 99.9 cm³/mol. The lowest BCUT2D eigenvalue weighted by molar-refractivity contribution is -0.141. The number of halogens is 1. The average molecular weight is 356 g/mol. The number of anilines is 1. The first-order chi connectivity index (χ1) is 12.1. The van der Waals surface area contributed by atoms with Gasteiger partial charge >= 0.3 is 5.97 Å². The van der Waals surface area contributed by atoms with Crippen LogP contribution in [-0.4, -0.2) is 36.1 Å². The number of esters is 1. The van der Waals surface area contributed by atoms with Crippen molar-refractivity contribution in [1.82, 2.24) is 9.97 Å². The van der Waals surface area contributed by atoms with Gasteiger partial charge < -0.3 is 9.64 Å². The van der Waals surface area contributed by atoms with E-state index in [-0.39, 0.29) is 12.5 Å². The maximum absolute atomic E-state index is 11.8. The van der Waals surface area contributed by atoms with Gasteiger partial charge in [-0.05, 0) is 25.1 Å². The van der Waals surface area contributed by atoms with Gasteiger partial charge in [0, 0.05) is 23.0 Å². The van der Waals surface area contributed by atoms with E-state index in [0.29, 0.717) is 17.6 Å². The summed E-state index contributed by atoms with van der Waals surface area (Å²) >= 11 is 6.16. The fourth-order valence-corrected chi connectivity index (χ4v) is 2.72. The number of likely N-dealkylation sites (N-methyl/N-ethyl adjacent to an activating group) is 1. The highest BCUT2D eigenvalue weighted by Gasteiger charge is 2.15. The van der Waals surface area contributed by atoms with Crippen molar-refractivity contribution in [3.05, 3.63) is 53.6 Å². The Balaban J connectivity index is 2.09. The summed E-state index contributed by atoms with van der Waals surface area (Å²) in [6.07, 6.45) is 0. The first-order valence-corrected chi connectivity index (χ1v) is 8.35. The third-order valence-electron chi connectivity index (χ3n) is 3.71. The second kappa shape index (κ2) is 7.49. The van der Waals surface area contributed by atoms with Crippen molar-refractivity contribution in [3.8, 4) is 11.3 Å². The van der Waals surface area contributed by atoms with E-state index in [1.54, 1.807) is 24.9 Å². The number of hydrogen-bond donors (Lipinski definition) is 0. The summed E-state index contributed by atoms with van der Waals surface area (Å²) in [7, 11) is 1.77. The van der Waals surface area contributed by atoms with Crippen molar-refractivity contribution in [2.75, 3.05) is 25.1 Å². The van der Waals surface area contributed by atoms with Crippen LogP contribution in [0.15, 0.2) is 48.5 Å². The number of rotatable bonds is 5. The Morgan fingerprint density at radius 1 is 1.16 bits per heavy atom. The van der Waals surface area contributed by atoms with Gasteiger partial charge in [-0.2, -0.15) is 0 Å². The van der Waals surface area contributed by atoms with E-state index in [0.717, 1.165) is 22.2 Å². The minimum Gasteiger partial charge on any atom is -0.465 e. The van der Waals surface area contributed by atoms with Crippen LogP contribution in [0.5, 0.6) is 0 Å². The Labute approximate surface area is 151 Å². The number of ether oxygens (including phenoxy) is 1. The van der Waals surface area contributed by atoms with Crippen LogP contribution in [0.4, 0.5) is 5.95 Å². The van der Waals surface area contributed by atoms with Crippen molar-refractivity contribution in [3.63, 3.8) is 0 Å². The van der Waals surface area contributed by atoms with Crippen LogP contribution in [0.25, 0.3) is 22.2 Å². The molecule has 0 radical (unpaired) electrons. The molecule has 0 saturated carbocycles. The molecule has 0 amide bonds. The lowest BCUT2D eigenvalue weighted by atomic mass is 10.1. The molecule has 0 aliphatic heterocycles. The third-order valence-corrected chi connectivity index (χ3v) is 3.94. The van der Waals surface area contributed by atoms with Crippen LogP contribution in [0.2, 0.25) is 5.02 Å². The Hall–Kier alpha value is -2.66. The fourth-order valence-electron chi connectivity index (χ4n) is 2.55. The summed E-state index contributed by atoms with van der Waals surface area (Å²) in [6, 6.07) is 15.3. The van der Waals surface area contributed by atoms with Crippen molar-refractivity contribution in [1.29, 1.82) is 0 Å². The maximum atomic E-state index is 11.8. The molecule has 128 valence electrons. The average Bonchev–Trinajstić information content (AvgIpc) is 2.61. The molecular weight excluding hydrogens is 338 g/mol. The molecule has 2 aromatic carbocycles. The molecule has 6 heteroatoms. The van der Waals surface area contributed by atoms with Crippen LogP contribution < -0.4 is 4.90 Å². The van der Waals surface area contributed by atoms with Gasteiger partial charge in [0.05, 0.1) is 17.8 Å². The standard InChI is InChI=1S/C19H18ClN3O2/c1-3-25-17(24)12-23(2)19-21-16-10-9-14(20)11-15(16)18(22-19)13-7-5-4-6-8-13/h4-11H,3,12H2,1-2H3. The van der Waals surface area contributed by atoms with Gasteiger partial charge in [-0.15, -0.1) is 0 Å². The van der Waals surface area contributed by atoms with Gasteiger partial charge in [-0.25, -0.2) is 9.97 Å². The Kier molecular flexibility index (Phi) is 5.14. The van der Waals surface area contributed by atoms with E-state index in [1.165, 1.54) is 0 Å². The predicted octanol–water partition coefficient (Wildman–Crippen LogP) is 3.95. The summed E-state index contributed by atoms with van der Waals surface area (Å²) in [5.41, 5.74) is 2.51. The molecule has 3 rings (SSSR count). The largest absolute Gasteiger partial charge is 0.465 e. The normalized spacial score (nSPS) is 10.7. The molecule has 1 heterocycles. The molecule has 0 bridgehead atoms. The second-order valence-corrected chi connectivity index (χ2v) is 6.00. The Bertz CT molecular complexity index is 900. The number of carbonyl (C=O) groups is 1. The lowest BCUT2D eigenvalue weighted by Crippen LogP contribution is -2.28. The van der Waals surface area contributed by atoms with Crippen LogP contribution >= 0.6 is 11.6 Å². The molecule has 1 aromatic heterocycles. The second-order valence-electron chi connectivity index (χ2n) is 5.56. The highest BCUT2D eigenvalue weighted by atomic mass is 35.5. The summed E-state index contributed by atoms with van der Waals surface area (Å²) < 4.78 is 5.00. The van der Waals surface area contributed by atoms with E-state index >= 15 is 0 Å². The van der Waals surface area contributed by atoms with Crippen LogP contribution in [0.1, 0.15) is 6.92 Å². The topological polar surface area (TPSA) is 55.3 Å². The highest BCUT2D eigenvalue weighted by Crippen LogP contribution is 2.29. The molecule has 0 saturated heterocycles. The van der Waals surface area contributed by atoms with E-state index < -0.39 is 0 Å². The Morgan fingerprint density at radius 2 is 1.92 bits per heavy atom. The molecular formula is C19H18ClN3O2. The number of benzene rings is 2. The van der Waals surface area contributed by atoms with Gasteiger partial charge in [0.25, 0.3) is 0 Å². The van der Waals surface area contributed by atoms with Crippen LogP contribution in [0, 0.1) is 0 Å². The monoisotopic (exact) mass is 355 g/mol. The van der Waals surface area contributed by atoms with Gasteiger partial charge in [-0.1, -0.05) is 41.9 Å². The van der Waals surface area contributed by atoms with Gasteiger partial charge in [0.1, 0.15) is 6.54 Å². The fraction of sp³-hybridized carbons (Fsp3) is 0.211. The quantitative estimate of drug-likeness (QED) is 0.648. The zero-order chi connectivity index (χ0) is 17.8. The summed E-state index contributed by atoms with van der Waals surface area (Å²) in [6.45, 7) is 2.21. The van der Waals surface area contributed by atoms with E-state index in [9.17, 15) is 4.79 Å². The summed E-state index contributed by atoms with van der Waals surface area (Å²) in [5.74, 6) is 0.146. The first kappa shape index (κ1) is 17.2. The number of fused-ring (bicyclic) bond motifs is 1. The van der Waals surface area contributed by atoms with Gasteiger partial charge in [-0.3, -0.25) is 4.79 Å². The minimum atomic E-state index is -0.314. The zero-order valence-corrected chi connectivity index (χ0v) is 14.8. The molecule has 0 N–H and O–H groups in total. The van der Waals surface area contributed by atoms with Crippen LogP contribution in [0.3, 0.4) is 0 Å². The molecule has 0 aliphatic rings. The van der Waals surface area contributed by atoms with Crippen molar-refractivity contribution < 1.29 is 9.53 Å². The van der Waals surface area contributed by atoms with Crippen molar-refractivity contribution >= 4 is 34.4 Å². The molecule has 5 nitrogen and oxygen atoms in total. The molecule has 0 fully saturated rings. The van der Waals surface area contributed by atoms with E-state index in [2.05, 4.69) is 9.97 Å². The Morgan fingerprint density at radius 3 is 2.64 bits per heavy atom.